The van der Waals surface area contributed by atoms with Crippen molar-refractivity contribution in [1.29, 1.82) is 0 Å². The number of esters is 1. The molecule has 4 heteroatoms. The Kier molecular flexibility index (Phi) is 4.44. The van der Waals surface area contributed by atoms with Crippen LogP contribution in [0.2, 0.25) is 0 Å². The summed E-state index contributed by atoms with van der Waals surface area (Å²) in [6.45, 7) is 2.11. The van der Waals surface area contributed by atoms with E-state index in [0.717, 1.165) is 22.0 Å². The van der Waals surface area contributed by atoms with Crippen molar-refractivity contribution in [2.45, 2.75) is 18.9 Å². The van der Waals surface area contributed by atoms with E-state index in [1.54, 1.807) is 6.92 Å². The Morgan fingerprint density at radius 2 is 1.83 bits per heavy atom. The molecule has 118 valence electrons. The van der Waals surface area contributed by atoms with Crippen molar-refractivity contribution in [3.05, 3.63) is 71.9 Å². The third kappa shape index (κ3) is 2.98. The SMILES string of the molecule is CCOC(=O)[C@H](N)[C@H](c1ccccc1)c1c[nH]c2ccccc12. The number of carbonyl (C=O) groups excluding carboxylic acids is 1. The van der Waals surface area contributed by atoms with Crippen LogP contribution in [0, 0.1) is 0 Å². The molecule has 0 amide bonds. The maximum atomic E-state index is 12.2. The van der Waals surface area contributed by atoms with E-state index in [-0.39, 0.29) is 11.9 Å². The first-order valence-electron chi connectivity index (χ1n) is 7.75. The minimum absolute atomic E-state index is 0.258. The summed E-state index contributed by atoms with van der Waals surface area (Å²) in [5.74, 6) is -0.641. The largest absolute Gasteiger partial charge is 0.465 e. The number of carbonyl (C=O) groups is 1. The molecule has 3 N–H and O–H groups in total. The number of aromatic amines is 1. The zero-order chi connectivity index (χ0) is 16.2. The summed E-state index contributed by atoms with van der Waals surface area (Å²) in [6, 6.07) is 17.1. The number of nitrogens with one attached hydrogen (secondary N) is 1. The molecule has 23 heavy (non-hydrogen) atoms. The van der Waals surface area contributed by atoms with Gasteiger partial charge in [0.1, 0.15) is 6.04 Å². The molecule has 0 saturated carbocycles. The second-order valence-electron chi connectivity index (χ2n) is 5.46. The predicted octanol–water partition coefficient (Wildman–Crippen LogP) is 3.19. The molecule has 4 nitrogen and oxygen atoms in total. The van der Waals surface area contributed by atoms with E-state index in [0.29, 0.717) is 6.61 Å². The summed E-state index contributed by atoms with van der Waals surface area (Å²) in [5, 5.41) is 1.07. The van der Waals surface area contributed by atoms with Crippen molar-refractivity contribution < 1.29 is 9.53 Å². The number of aromatic nitrogens is 1. The quantitative estimate of drug-likeness (QED) is 0.711. The van der Waals surface area contributed by atoms with E-state index in [4.69, 9.17) is 10.5 Å². The molecule has 0 unspecified atom stereocenters. The summed E-state index contributed by atoms with van der Waals surface area (Å²) >= 11 is 0. The predicted molar refractivity (Wildman–Crippen MR) is 91.2 cm³/mol. The van der Waals surface area contributed by atoms with Gasteiger partial charge in [-0.2, -0.15) is 0 Å². The van der Waals surface area contributed by atoms with E-state index < -0.39 is 6.04 Å². The molecule has 0 saturated heterocycles. The maximum absolute atomic E-state index is 12.2. The van der Waals surface area contributed by atoms with Crippen LogP contribution in [0.3, 0.4) is 0 Å². The lowest BCUT2D eigenvalue weighted by Gasteiger charge is -2.23. The normalized spacial score (nSPS) is 13.7. The summed E-state index contributed by atoms with van der Waals surface area (Å²) in [7, 11) is 0. The fourth-order valence-corrected chi connectivity index (χ4v) is 2.97. The Labute approximate surface area is 135 Å². The first kappa shape index (κ1) is 15.3. The molecule has 0 bridgehead atoms. The van der Waals surface area contributed by atoms with Gasteiger partial charge in [-0.3, -0.25) is 4.79 Å². The Bertz CT molecular complexity index is 795. The average Bonchev–Trinajstić information content (AvgIpc) is 3.00. The van der Waals surface area contributed by atoms with Crippen molar-refractivity contribution in [3.8, 4) is 0 Å². The number of hydrogen-bond donors (Lipinski definition) is 2. The highest BCUT2D eigenvalue weighted by molar-refractivity contribution is 5.86. The van der Waals surface area contributed by atoms with Gasteiger partial charge in [-0.15, -0.1) is 0 Å². The van der Waals surface area contributed by atoms with Gasteiger partial charge in [0.05, 0.1) is 6.61 Å². The lowest BCUT2D eigenvalue weighted by molar-refractivity contribution is -0.145. The second kappa shape index (κ2) is 6.67. The Morgan fingerprint density at radius 3 is 2.57 bits per heavy atom. The molecule has 0 aliphatic heterocycles. The monoisotopic (exact) mass is 308 g/mol. The molecule has 0 fully saturated rings. The highest BCUT2D eigenvalue weighted by Crippen LogP contribution is 2.33. The zero-order valence-corrected chi connectivity index (χ0v) is 13.0. The number of H-pyrrole nitrogens is 1. The molecule has 2 aromatic carbocycles. The zero-order valence-electron chi connectivity index (χ0n) is 13.0. The molecule has 1 heterocycles. The van der Waals surface area contributed by atoms with Crippen LogP contribution in [0.25, 0.3) is 10.9 Å². The number of fused-ring (bicyclic) bond motifs is 1. The first-order chi connectivity index (χ1) is 11.2. The Morgan fingerprint density at radius 1 is 1.13 bits per heavy atom. The van der Waals surface area contributed by atoms with E-state index in [1.165, 1.54) is 0 Å². The fraction of sp³-hybridized carbons (Fsp3) is 0.211. The second-order valence-corrected chi connectivity index (χ2v) is 5.46. The van der Waals surface area contributed by atoms with E-state index in [1.807, 2.05) is 60.8 Å². The summed E-state index contributed by atoms with van der Waals surface area (Å²) in [4.78, 5) is 15.5. The number of ether oxygens (including phenoxy) is 1. The van der Waals surface area contributed by atoms with Crippen molar-refractivity contribution in [2.24, 2.45) is 5.73 Å². The molecule has 3 aromatic rings. The third-order valence-electron chi connectivity index (χ3n) is 4.03. The molecule has 2 atom stereocenters. The number of para-hydroxylation sites is 1. The van der Waals surface area contributed by atoms with Crippen LogP contribution in [0.15, 0.2) is 60.8 Å². The molecular weight excluding hydrogens is 288 g/mol. The maximum Gasteiger partial charge on any atom is 0.323 e. The van der Waals surface area contributed by atoms with Crippen LogP contribution in [-0.4, -0.2) is 23.6 Å². The fourth-order valence-electron chi connectivity index (χ4n) is 2.97. The van der Waals surface area contributed by atoms with E-state index in [9.17, 15) is 4.79 Å². The minimum Gasteiger partial charge on any atom is -0.465 e. The molecule has 0 radical (unpaired) electrons. The van der Waals surface area contributed by atoms with Gasteiger partial charge in [0.25, 0.3) is 0 Å². The van der Waals surface area contributed by atoms with Gasteiger partial charge in [-0.25, -0.2) is 0 Å². The Hall–Kier alpha value is -2.59. The van der Waals surface area contributed by atoms with Crippen LogP contribution >= 0.6 is 0 Å². The lowest BCUT2D eigenvalue weighted by atomic mass is 9.85. The highest BCUT2D eigenvalue weighted by atomic mass is 16.5. The number of benzene rings is 2. The van der Waals surface area contributed by atoms with Gasteiger partial charge in [-0.1, -0.05) is 48.5 Å². The topological polar surface area (TPSA) is 68.1 Å². The molecule has 3 rings (SSSR count). The van der Waals surface area contributed by atoms with Gasteiger partial charge in [0, 0.05) is 23.0 Å². The van der Waals surface area contributed by atoms with Crippen LogP contribution in [0.1, 0.15) is 24.0 Å². The van der Waals surface area contributed by atoms with Crippen molar-refractivity contribution >= 4 is 16.9 Å². The average molecular weight is 308 g/mol. The smallest absolute Gasteiger partial charge is 0.323 e. The summed E-state index contributed by atoms with van der Waals surface area (Å²) < 4.78 is 5.14. The minimum atomic E-state index is -0.753. The van der Waals surface area contributed by atoms with Crippen molar-refractivity contribution in [2.75, 3.05) is 6.61 Å². The molecule has 0 spiro atoms. The van der Waals surface area contributed by atoms with Crippen LogP contribution < -0.4 is 5.73 Å². The van der Waals surface area contributed by atoms with Gasteiger partial charge in [-0.05, 0) is 24.1 Å². The van der Waals surface area contributed by atoms with Crippen molar-refractivity contribution in [3.63, 3.8) is 0 Å². The number of rotatable bonds is 5. The van der Waals surface area contributed by atoms with Gasteiger partial charge < -0.3 is 15.5 Å². The van der Waals surface area contributed by atoms with E-state index in [2.05, 4.69) is 4.98 Å². The summed E-state index contributed by atoms with van der Waals surface area (Å²) in [6.07, 6.45) is 1.93. The third-order valence-corrected chi connectivity index (χ3v) is 4.03. The summed E-state index contributed by atoms with van der Waals surface area (Å²) in [5.41, 5.74) is 9.31. The standard InChI is InChI=1S/C19H20N2O2/c1-2-23-19(22)18(20)17(13-8-4-3-5-9-13)15-12-21-16-11-7-6-10-14(15)16/h3-12,17-18,21H,2,20H2,1H3/t17-,18-/m1/s1. The highest BCUT2D eigenvalue weighted by Gasteiger charge is 2.30. The molecule has 0 aliphatic carbocycles. The van der Waals surface area contributed by atoms with Crippen LogP contribution in [0.5, 0.6) is 0 Å². The molecule has 1 aromatic heterocycles. The van der Waals surface area contributed by atoms with Crippen molar-refractivity contribution in [1.82, 2.24) is 4.98 Å². The first-order valence-corrected chi connectivity index (χ1v) is 7.75. The molecule has 0 aliphatic rings. The number of hydrogen-bond acceptors (Lipinski definition) is 3. The van der Waals surface area contributed by atoms with Gasteiger partial charge in [0.2, 0.25) is 0 Å². The van der Waals surface area contributed by atoms with Crippen LogP contribution in [0.4, 0.5) is 0 Å². The van der Waals surface area contributed by atoms with Gasteiger partial charge >= 0.3 is 5.97 Å². The lowest BCUT2D eigenvalue weighted by Crippen LogP contribution is -2.38. The van der Waals surface area contributed by atoms with Crippen LogP contribution in [-0.2, 0) is 9.53 Å². The van der Waals surface area contributed by atoms with Gasteiger partial charge in [0.15, 0.2) is 0 Å². The molecular formula is C19H20N2O2. The Balaban J connectivity index is 2.10. The van der Waals surface area contributed by atoms with E-state index >= 15 is 0 Å². The number of nitrogens with two attached hydrogens (primary N) is 1.